The number of rotatable bonds is 2. The van der Waals surface area contributed by atoms with Gasteiger partial charge in [0.2, 0.25) is 0 Å². The van der Waals surface area contributed by atoms with Gasteiger partial charge in [-0.2, -0.15) is 0 Å². The molecule has 0 unspecified atom stereocenters. The second kappa shape index (κ2) is 4.87. The zero-order valence-corrected chi connectivity index (χ0v) is 12.5. The van der Waals surface area contributed by atoms with Crippen molar-refractivity contribution in [2.75, 3.05) is 0 Å². The number of carbonyl (C=O) groups excluding carboxylic acids is 2. The SMILES string of the molecule is Cc1cc(CN2C(=O)c3ccccc3C2=O)ccc1Br. The minimum atomic E-state index is -0.217. The van der Waals surface area contributed by atoms with Crippen LogP contribution < -0.4 is 0 Å². The Morgan fingerprint density at radius 2 is 1.60 bits per heavy atom. The van der Waals surface area contributed by atoms with E-state index in [1.54, 1.807) is 24.3 Å². The van der Waals surface area contributed by atoms with Gasteiger partial charge in [0.25, 0.3) is 11.8 Å². The van der Waals surface area contributed by atoms with E-state index in [2.05, 4.69) is 15.9 Å². The number of nitrogens with zero attached hydrogens (tertiary/aromatic N) is 1. The molecule has 1 heterocycles. The van der Waals surface area contributed by atoms with Crippen molar-refractivity contribution < 1.29 is 9.59 Å². The molecule has 3 nitrogen and oxygen atoms in total. The normalized spacial score (nSPS) is 13.8. The van der Waals surface area contributed by atoms with E-state index in [1.165, 1.54) is 4.90 Å². The first kappa shape index (κ1) is 13.1. The zero-order valence-electron chi connectivity index (χ0n) is 10.9. The quantitative estimate of drug-likeness (QED) is 0.790. The molecule has 0 saturated carbocycles. The van der Waals surface area contributed by atoms with Gasteiger partial charge in [-0.15, -0.1) is 0 Å². The van der Waals surface area contributed by atoms with E-state index < -0.39 is 0 Å². The molecule has 1 aliphatic heterocycles. The van der Waals surface area contributed by atoms with Gasteiger partial charge in [0, 0.05) is 4.47 Å². The highest BCUT2D eigenvalue weighted by molar-refractivity contribution is 9.10. The molecule has 0 saturated heterocycles. The zero-order chi connectivity index (χ0) is 14.3. The van der Waals surface area contributed by atoms with Crippen molar-refractivity contribution >= 4 is 27.7 Å². The van der Waals surface area contributed by atoms with E-state index in [9.17, 15) is 9.59 Å². The van der Waals surface area contributed by atoms with Gasteiger partial charge >= 0.3 is 0 Å². The minimum absolute atomic E-state index is 0.217. The molecule has 4 heteroatoms. The maximum atomic E-state index is 12.3. The van der Waals surface area contributed by atoms with Gasteiger partial charge in [0.1, 0.15) is 0 Å². The Morgan fingerprint density at radius 1 is 1.00 bits per heavy atom. The van der Waals surface area contributed by atoms with Gasteiger partial charge in [0.05, 0.1) is 17.7 Å². The van der Waals surface area contributed by atoms with Crippen molar-refractivity contribution in [1.29, 1.82) is 0 Å². The van der Waals surface area contributed by atoms with Gasteiger partial charge in [-0.05, 0) is 36.2 Å². The molecule has 3 rings (SSSR count). The van der Waals surface area contributed by atoms with E-state index >= 15 is 0 Å². The number of benzene rings is 2. The molecule has 100 valence electrons. The number of hydrogen-bond donors (Lipinski definition) is 0. The van der Waals surface area contributed by atoms with Gasteiger partial charge in [-0.3, -0.25) is 14.5 Å². The monoisotopic (exact) mass is 329 g/mol. The Kier molecular flexibility index (Phi) is 3.18. The minimum Gasteiger partial charge on any atom is -0.270 e. The molecular formula is C16H12BrNO2. The first-order valence-electron chi connectivity index (χ1n) is 6.28. The van der Waals surface area contributed by atoms with Crippen molar-refractivity contribution in [3.05, 3.63) is 69.2 Å². The van der Waals surface area contributed by atoms with Crippen LogP contribution in [0.4, 0.5) is 0 Å². The summed E-state index contributed by atoms with van der Waals surface area (Å²) in [5.74, 6) is -0.433. The summed E-state index contributed by atoms with van der Waals surface area (Å²) in [5, 5.41) is 0. The predicted molar refractivity (Wildman–Crippen MR) is 79.5 cm³/mol. The fraction of sp³-hybridized carbons (Fsp3) is 0.125. The molecule has 2 amide bonds. The Hall–Kier alpha value is -1.94. The maximum absolute atomic E-state index is 12.3. The molecular weight excluding hydrogens is 318 g/mol. The third-order valence-electron chi connectivity index (χ3n) is 3.44. The van der Waals surface area contributed by atoms with Crippen molar-refractivity contribution in [3.63, 3.8) is 0 Å². The molecule has 0 bridgehead atoms. The van der Waals surface area contributed by atoms with Crippen LogP contribution in [-0.4, -0.2) is 16.7 Å². The number of halogens is 1. The van der Waals surface area contributed by atoms with Crippen LogP contribution in [0.5, 0.6) is 0 Å². The third-order valence-corrected chi connectivity index (χ3v) is 4.33. The van der Waals surface area contributed by atoms with E-state index in [1.807, 2.05) is 25.1 Å². The van der Waals surface area contributed by atoms with E-state index in [4.69, 9.17) is 0 Å². The molecule has 0 aliphatic carbocycles. The van der Waals surface area contributed by atoms with Crippen LogP contribution in [0.15, 0.2) is 46.9 Å². The highest BCUT2D eigenvalue weighted by Gasteiger charge is 2.34. The Balaban J connectivity index is 1.91. The number of fused-ring (bicyclic) bond motifs is 1. The summed E-state index contributed by atoms with van der Waals surface area (Å²) in [6, 6.07) is 12.8. The third kappa shape index (κ3) is 2.06. The van der Waals surface area contributed by atoms with Crippen molar-refractivity contribution in [2.45, 2.75) is 13.5 Å². The largest absolute Gasteiger partial charge is 0.270 e. The first-order chi connectivity index (χ1) is 9.58. The van der Waals surface area contributed by atoms with E-state index in [0.29, 0.717) is 17.7 Å². The fourth-order valence-electron chi connectivity index (χ4n) is 2.37. The summed E-state index contributed by atoms with van der Waals surface area (Å²) < 4.78 is 1.02. The summed E-state index contributed by atoms with van der Waals surface area (Å²) in [4.78, 5) is 25.8. The van der Waals surface area contributed by atoms with Crippen LogP contribution in [0.25, 0.3) is 0 Å². The molecule has 0 atom stereocenters. The van der Waals surface area contributed by atoms with E-state index in [-0.39, 0.29) is 11.8 Å². The Bertz CT molecular complexity index is 689. The van der Waals surface area contributed by atoms with Crippen LogP contribution in [0, 0.1) is 6.92 Å². The highest BCUT2D eigenvalue weighted by atomic mass is 79.9. The molecule has 2 aromatic rings. The Labute approximate surface area is 125 Å². The van der Waals surface area contributed by atoms with Gasteiger partial charge in [-0.25, -0.2) is 0 Å². The highest BCUT2D eigenvalue weighted by Crippen LogP contribution is 2.25. The van der Waals surface area contributed by atoms with Crippen LogP contribution in [0.3, 0.4) is 0 Å². The van der Waals surface area contributed by atoms with Gasteiger partial charge in [0.15, 0.2) is 0 Å². The second-order valence-electron chi connectivity index (χ2n) is 4.83. The fourth-order valence-corrected chi connectivity index (χ4v) is 2.62. The molecule has 2 aromatic carbocycles. The molecule has 1 aliphatic rings. The number of hydrogen-bond acceptors (Lipinski definition) is 2. The summed E-state index contributed by atoms with van der Waals surface area (Å²) in [6.07, 6.45) is 0. The second-order valence-corrected chi connectivity index (χ2v) is 5.68. The summed E-state index contributed by atoms with van der Waals surface area (Å²) in [7, 11) is 0. The average Bonchev–Trinajstić information content (AvgIpc) is 2.69. The summed E-state index contributed by atoms with van der Waals surface area (Å²) in [5.41, 5.74) is 3.01. The maximum Gasteiger partial charge on any atom is 0.261 e. The lowest BCUT2D eigenvalue weighted by Gasteiger charge is -2.14. The van der Waals surface area contributed by atoms with Crippen LogP contribution in [-0.2, 0) is 6.54 Å². The number of aryl methyl sites for hydroxylation is 1. The smallest absolute Gasteiger partial charge is 0.261 e. The standard InChI is InChI=1S/C16H12BrNO2/c1-10-8-11(6-7-14(10)17)9-18-15(19)12-4-2-3-5-13(12)16(18)20/h2-8H,9H2,1H3. The lowest BCUT2D eigenvalue weighted by molar-refractivity contribution is 0.0642. The number of amides is 2. The van der Waals surface area contributed by atoms with Crippen molar-refractivity contribution in [3.8, 4) is 0 Å². The van der Waals surface area contributed by atoms with Crippen molar-refractivity contribution in [1.82, 2.24) is 4.90 Å². The van der Waals surface area contributed by atoms with Crippen LogP contribution in [0.2, 0.25) is 0 Å². The van der Waals surface area contributed by atoms with E-state index in [0.717, 1.165) is 15.6 Å². The topological polar surface area (TPSA) is 37.4 Å². The van der Waals surface area contributed by atoms with Gasteiger partial charge < -0.3 is 0 Å². The molecule has 0 N–H and O–H groups in total. The van der Waals surface area contributed by atoms with Crippen LogP contribution in [0.1, 0.15) is 31.8 Å². The van der Waals surface area contributed by atoms with Crippen molar-refractivity contribution in [2.24, 2.45) is 0 Å². The lowest BCUT2D eigenvalue weighted by Crippen LogP contribution is -2.29. The summed E-state index contributed by atoms with van der Waals surface area (Å²) in [6.45, 7) is 2.29. The lowest BCUT2D eigenvalue weighted by atomic mass is 10.1. The molecule has 20 heavy (non-hydrogen) atoms. The average molecular weight is 330 g/mol. The predicted octanol–water partition coefficient (Wildman–Crippen LogP) is 3.55. The molecule has 0 fully saturated rings. The summed E-state index contributed by atoms with van der Waals surface area (Å²) >= 11 is 3.44. The molecule has 0 radical (unpaired) electrons. The van der Waals surface area contributed by atoms with Crippen LogP contribution >= 0.6 is 15.9 Å². The number of carbonyl (C=O) groups is 2. The Morgan fingerprint density at radius 3 is 2.15 bits per heavy atom. The molecule has 0 spiro atoms. The number of imide groups is 1. The molecule has 0 aromatic heterocycles. The first-order valence-corrected chi connectivity index (χ1v) is 7.07. The van der Waals surface area contributed by atoms with Gasteiger partial charge in [-0.1, -0.05) is 40.2 Å².